The molecule has 0 atom stereocenters. The van der Waals surface area contributed by atoms with Gasteiger partial charge >= 0.3 is 0 Å². The summed E-state index contributed by atoms with van der Waals surface area (Å²) in [4.78, 5) is 11.9. The number of nitrogen functional groups attached to an aromatic ring is 1. The molecule has 0 aliphatic heterocycles. The molecule has 19 heavy (non-hydrogen) atoms. The normalized spacial score (nSPS) is 10.2. The zero-order valence-electron chi connectivity index (χ0n) is 10.4. The fraction of sp³-hybridized carbons (Fsp3) is 0.133. The average molecular weight is 275 g/mol. The van der Waals surface area contributed by atoms with Gasteiger partial charge in [-0.25, -0.2) is 0 Å². The number of Topliss-reactive ketones (excluding diaryl/α,β-unsaturated/α-hetero) is 1. The van der Waals surface area contributed by atoms with Gasteiger partial charge in [-0.15, -0.1) is 0 Å². The number of nitrogens with one attached hydrogen (secondary N) is 1. The molecule has 0 fully saturated rings. The Labute approximate surface area is 117 Å². The number of rotatable bonds is 5. The van der Waals surface area contributed by atoms with E-state index in [1.165, 1.54) is 0 Å². The van der Waals surface area contributed by atoms with Crippen molar-refractivity contribution in [3.05, 3.63) is 59.1 Å². The first-order valence-corrected chi connectivity index (χ1v) is 6.42. The second-order valence-electron chi connectivity index (χ2n) is 4.21. The molecule has 3 nitrogen and oxygen atoms in total. The number of anilines is 2. The second-order valence-corrected chi connectivity index (χ2v) is 4.61. The van der Waals surface area contributed by atoms with E-state index in [2.05, 4.69) is 5.32 Å². The first-order chi connectivity index (χ1) is 9.16. The lowest BCUT2D eigenvalue weighted by Crippen LogP contribution is -2.09. The number of halogens is 1. The maximum Gasteiger partial charge on any atom is 0.164 e. The van der Waals surface area contributed by atoms with Crippen LogP contribution < -0.4 is 11.1 Å². The standard InChI is InChI=1S/C15H15ClN2O/c16-13-6-1-2-7-14(13)18-9-8-15(19)11-4-3-5-12(17)10-11/h1-7,10,18H,8-9,17H2. The molecule has 0 aliphatic rings. The van der Waals surface area contributed by atoms with Gasteiger partial charge in [0.25, 0.3) is 0 Å². The van der Waals surface area contributed by atoms with E-state index in [1.54, 1.807) is 24.3 Å². The molecule has 2 aromatic carbocycles. The van der Waals surface area contributed by atoms with Gasteiger partial charge < -0.3 is 11.1 Å². The van der Waals surface area contributed by atoms with Crippen LogP contribution in [0.4, 0.5) is 11.4 Å². The zero-order valence-corrected chi connectivity index (χ0v) is 11.2. The van der Waals surface area contributed by atoms with Gasteiger partial charge in [0, 0.05) is 24.2 Å². The van der Waals surface area contributed by atoms with Crippen LogP contribution >= 0.6 is 11.6 Å². The smallest absolute Gasteiger partial charge is 0.164 e. The molecule has 0 bridgehead atoms. The molecule has 0 unspecified atom stereocenters. The Bertz CT molecular complexity index is 584. The Morgan fingerprint density at radius 3 is 2.68 bits per heavy atom. The monoisotopic (exact) mass is 274 g/mol. The number of ketones is 1. The summed E-state index contributed by atoms with van der Waals surface area (Å²) in [5.74, 6) is 0.0619. The molecular formula is C15H15ClN2O. The fourth-order valence-electron chi connectivity index (χ4n) is 1.77. The van der Waals surface area contributed by atoms with Crippen LogP contribution in [0, 0.1) is 0 Å². The summed E-state index contributed by atoms with van der Waals surface area (Å²) in [7, 11) is 0. The topological polar surface area (TPSA) is 55.1 Å². The van der Waals surface area contributed by atoms with E-state index in [4.69, 9.17) is 17.3 Å². The highest BCUT2D eigenvalue weighted by atomic mass is 35.5. The molecule has 0 radical (unpaired) electrons. The average Bonchev–Trinajstić information content (AvgIpc) is 2.41. The van der Waals surface area contributed by atoms with Crippen LogP contribution in [-0.4, -0.2) is 12.3 Å². The number of carbonyl (C=O) groups is 1. The van der Waals surface area contributed by atoms with Crippen LogP contribution in [0.2, 0.25) is 5.02 Å². The fourth-order valence-corrected chi connectivity index (χ4v) is 1.97. The largest absolute Gasteiger partial charge is 0.399 e. The molecule has 2 aromatic rings. The van der Waals surface area contributed by atoms with E-state index in [0.717, 1.165) is 5.69 Å². The zero-order chi connectivity index (χ0) is 13.7. The Kier molecular flexibility index (Phi) is 4.42. The minimum absolute atomic E-state index is 0.0619. The van der Waals surface area contributed by atoms with Gasteiger partial charge in [0.05, 0.1) is 10.7 Å². The lowest BCUT2D eigenvalue weighted by Gasteiger charge is -2.07. The third-order valence-corrected chi connectivity index (χ3v) is 3.08. The Morgan fingerprint density at radius 1 is 1.16 bits per heavy atom. The molecule has 98 valence electrons. The summed E-state index contributed by atoms with van der Waals surface area (Å²) in [6.07, 6.45) is 0.397. The van der Waals surface area contributed by atoms with E-state index in [9.17, 15) is 4.79 Å². The molecule has 0 aliphatic carbocycles. The van der Waals surface area contributed by atoms with E-state index in [1.807, 2.05) is 24.3 Å². The SMILES string of the molecule is Nc1cccc(C(=O)CCNc2ccccc2Cl)c1. The van der Waals surface area contributed by atoms with Crippen molar-refractivity contribution in [3.63, 3.8) is 0 Å². The quantitative estimate of drug-likeness (QED) is 0.647. The summed E-state index contributed by atoms with van der Waals surface area (Å²) in [5.41, 5.74) is 7.73. The Morgan fingerprint density at radius 2 is 1.95 bits per heavy atom. The Hall–Kier alpha value is -2.00. The molecule has 0 saturated heterocycles. The third kappa shape index (κ3) is 3.73. The minimum atomic E-state index is 0.0619. The highest BCUT2D eigenvalue weighted by Crippen LogP contribution is 2.20. The number of para-hydroxylation sites is 1. The van der Waals surface area contributed by atoms with Crippen LogP contribution in [0.5, 0.6) is 0 Å². The number of nitrogens with two attached hydrogens (primary N) is 1. The van der Waals surface area contributed by atoms with Crippen molar-refractivity contribution in [2.24, 2.45) is 0 Å². The predicted molar refractivity (Wildman–Crippen MR) is 79.7 cm³/mol. The van der Waals surface area contributed by atoms with Crippen molar-refractivity contribution in [2.45, 2.75) is 6.42 Å². The van der Waals surface area contributed by atoms with Crippen molar-refractivity contribution in [1.29, 1.82) is 0 Å². The molecule has 0 spiro atoms. The van der Waals surface area contributed by atoms with Gasteiger partial charge in [0.1, 0.15) is 0 Å². The Balaban J connectivity index is 1.90. The van der Waals surface area contributed by atoms with Crippen molar-refractivity contribution in [1.82, 2.24) is 0 Å². The summed E-state index contributed by atoms with van der Waals surface area (Å²) in [6.45, 7) is 0.539. The minimum Gasteiger partial charge on any atom is -0.399 e. The summed E-state index contributed by atoms with van der Waals surface area (Å²) in [6, 6.07) is 14.5. The van der Waals surface area contributed by atoms with Crippen LogP contribution in [0.15, 0.2) is 48.5 Å². The predicted octanol–water partition coefficient (Wildman–Crippen LogP) is 3.61. The van der Waals surface area contributed by atoms with Gasteiger partial charge in [-0.3, -0.25) is 4.79 Å². The number of benzene rings is 2. The molecule has 0 amide bonds. The molecule has 0 heterocycles. The molecule has 0 aromatic heterocycles. The van der Waals surface area contributed by atoms with E-state index in [0.29, 0.717) is 29.2 Å². The van der Waals surface area contributed by atoms with Crippen molar-refractivity contribution < 1.29 is 4.79 Å². The highest BCUT2D eigenvalue weighted by Gasteiger charge is 2.06. The van der Waals surface area contributed by atoms with Gasteiger partial charge in [-0.05, 0) is 24.3 Å². The number of hydrogen-bond donors (Lipinski definition) is 2. The van der Waals surface area contributed by atoms with Crippen molar-refractivity contribution in [3.8, 4) is 0 Å². The summed E-state index contributed by atoms with van der Waals surface area (Å²) >= 11 is 6.01. The van der Waals surface area contributed by atoms with E-state index in [-0.39, 0.29) is 5.78 Å². The van der Waals surface area contributed by atoms with Crippen LogP contribution in [0.3, 0.4) is 0 Å². The van der Waals surface area contributed by atoms with Crippen LogP contribution in [-0.2, 0) is 0 Å². The molecular weight excluding hydrogens is 260 g/mol. The van der Waals surface area contributed by atoms with Gasteiger partial charge in [0.15, 0.2) is 5.78 Å². The maximum absolute atomic E-state index is 11.9. The molecule has 3 N–H and O–H groups in total. The van der Waals surface area contributed by atoms with Crippen LogP contribution in [0.1, 0.15) is 16.8 Å². The van der Waals surface area contributed by atoms with Crippen molar-refractivity contribution in [2.75, 3.05) is 17.6 Å². The molecule has 4 heteroatoms. The lowest BCUT2D eigenvalue weighted by molar-refractivity contribution is 0.0986. The number of hydrogen-bond acceptors (Lipinski definition) is 3. The summed E-state index contributed by atoms with van der Waals surface area (Å²) < 4.78 is 0. The molecule has 0 saturated carbocycles. The first kappa shape index (κ1) is 13.4. The molecule has 2 rings (SSSR count). The van der Waals surface area contributed by atoms with Crippen molar-refractivity contribution >= 4 is 28.8 Å². The first-order valence-electron chi connectivity index (χ1n) is 6.04. The van der Waals surface area contributed by atoms with E-state index < -0.39 is 0 Å². The maximum atomic E-state index is 11.9. The van der Waals surface area contributed by atoms with Gasteiger partial charge in [0.2, 0.25) is 0 Å². The second kappa shape index (κ2) is 6.25. The summed E-state index contributed by atoms with van der Waals surface area (Å²) in [5, 5.41) is 3.80. The number of carbonyl (C=O) groups excluding carboxylic acids is 1. The lowest BCUT2D eigenvalue weighted by atomic mass is 10.1. The van der Waals surface area contributed by atoms with Crippen LogP contribution in [0.25, 0.3) is 0 Å². The van der Waals surface area contributed by atoms with E-state index >= 15 is 0 Å². The van der Waals surface area contributed by atoms with Gasteiger partial charge in [-0.2, -0.15) is 0 Å². The third-order valence-electron chi connectivity index (χ3n) is 2.75. The highest BCUT2D eigenvalue weighted by molar-refractivity contribution is 6.33. The van der Waals surface area contributed by atoms with Gasteiger partial charge in [-0.1, -0.05) is 35.9 Å².